The molecular formula is C16H20FN3O2. The molecule has 0 bridgehead atoms. The summed E-state index contributed by atoms with van der Waals surface area (Å²) in [5.41, 5.74) is 0.990. The summed E-state index contributed by atoms with van der Waals surface area (Å²) in [5.74, 6) is 1.18. The van der Waals surface area contributed by atoms with E-state index in [0.717, 1.165) is 5.56 Å². The van der Waals surface area contributed by atoms with Crippen LogP contribution in [0.4, 0.5) is 4.39 Å². The second-order valence-electron chi connectivity index (χ2n) is 6.11. The van der Waals surface area contributed by atoms with Gasteiger partial charge in [0.25, 0.3) is 0 Å². The summed E-state index contributed by atoms with van der Waals surface area (Å²) in [5, 5.41) is 14.0. The molecule has 1 aromatic carbocycles. The minimum atomic E-state index is -0.417. The van der Waals surface area contributed by atoms with Crippen molar-refractivity contribution >= 4 is 0 Å². The van der Waals surface area contributed by atoms with E-state index >= 15 is 0 Å². The lowest BCUT2D eigenvalue weighted by Crippen LogP contribution is -2.24. The third kappa shape index (κ3) is 3.18. The van der Waals surface area contributed by atoms with E-state index in [1.165, 1.54) is 12.1 Å². The van der Waals surface area contributed by atoms with Gasteiger partial charge in [0, 0.05) is 19.0 Å². The summed E-state index contributed by atoms with van der Waals surface area (Å²) >= 11 is 0. The van der Waals surface area contributed by atoms with Crippen LogP contribution in [0.15, 0.2) is 28.8 Å². The number of aliphatic hydroxyl groups is 1. The lowest BCUT2D eigenvalue weighted by atomic mass is 10.1. The molecule has 1 aliphatic rings. The van der Waals surface area contributed by atoms with Gasteiger partial charge in [-0.05, 0) is 24.1 Å². The fraction of sp³-hybridized carbons (Fsp3) is 0.500. The largest absolute Gasteiger partial charge is 0.392 e. The van der Waals surface area contributed by atoms with Gasteiger partial charge in [-0.2, -0.15) is 4.98 Å². The molecule has 0 unspecified atom stereocenters. The molecule has 22 heavy (non-hydrogen) atoms. The van der Waals surface area contributed by atoms with Crippen molar-refractivity contribution in [2.45, 2.75) is 44.9 Å². The Morgan fingerprint density at radius 2 is 2.09 bits per heavy atom. The summed E-state index contributed by atoms with van der Waals surface area (Å²) in [4.78, 5) is 6.53. The number of hydrogen-bond donors (Lipinski definition) is 1. The van der Waals surface area contributed by atoms with Gasteiger partial charge >= 0.3 is 0 Å². The summed E-state index contributed by atoms with van der Waals surface area (Å²) in [6.07, 6.45) is 0.154. The molecule has 3 rings (SSSR count). The molecule has 1 fully saturated rings. The average Bonchev–Trinajstić information content (AvgIpc) is 3.08. The van der Waals surface area contributed by atoms with Gasteiger partial charge in [-0.15, -0.1) is 0 Å². The zero-order valence-electron chi connectivity index (χ0n) is 12.7. The van der Waals surface area contributed by atoms with E-state index in [1.807, 2.05) is 13.8 Å². The summed E-state index contributed by atoms with van der Waals surface area (Å²) in [6.45, 7) is 5.17. The van der Waals surface area contributed by atoms with Gasteiger partial charge in [-0.3, -0.25) is 4.90 Å². The van der Waals surface area contributed by atoms with Gasteiger partial charge in [0.1, 0.15) is 5.82 Å². The first-order valence-electron chi connectivity index (χ1n) is 7.53. The Balaban J connectivity index is 1.77. The molecule has 0 aliphatic carbocycles. The second kappa shape index (κ2) is 6.14. The normalized spacial score (nSPS) is 22.6. The highest BCUT2D eigenvalue weighted by atomic mass is 19.1. The van der Waals surface area contributed by atoms with E-state index in [2.05, 4.69) is 15.0 Å². The Hall–Kier alpha value is -1.79. The number of likely N-dealkylation sites (tertiary alicyclic amines) is 1. The van der Waals surface area contributed by atoms with Crippen LogP contribution in [0.1, 0.15) is 49.5 Å². The van der Waals surface area contributed by atoms with Crippen molar-refractivity contribution in [3.8, 4) is 0 Å². The first kappa shape index (κ1) is 15.1. The zero-order chi connectivity index (χ0) is 15.7. The van der Waals surface area contributed by atoms with E-state index in [0.29, 0.717) is 31.2 Å². The molecule has 2 aromatic rings. The van der Waals surface area contributed by atoms with Gasteiger partial charge in [0.05, 0.1) is 12.1 Å². The number of halogens is 1. The van der Waals surface area contributed by atoms with E-state index in [4.69, 9.17) is 4.52 Å². The number of hydrogen-bond acceptors (Lipinski definition) is 5. The smallest absolute Gasteiger partial charge is 0.244 e. The molecule has 0 amide bonds. The first-order chi connectivity index (χ1) is 10.5. The topological polar surface area (TPSA) is 62.4 Å². The number of β-amino-alcohol motifs (C(OH)–C–C–N with tert-alkyl or cyclic N) is 1. The van der Waals surface area contributed by atoms with Gasteiger partial charge in [-0.25, -0.2) is 4.39 Å². The summed E-state index contributed by atoms with van der Waals surface area (Å²) < 4.78 is 18.4. The minimum Gasteiger partial charge on any atom is -0.392 e. The number of aliphatic hydroxyl groups excluding tert-OH is 1. The molecule has 2 heterocycles. The minimum absolute atomic E-state index is 0.0972. The maximum atomic E-state index is 13.0. The van der Waals surface area contributed by atoms with Crippen molar-refractivity contribution in [2.24, 2.45) is 0 Å². The van der Waals surface area contributed by atoms with E-state index < -0.39 is 6.10 Å². The van der Waals surface area contributed by atoms with Gasteiger partial charge in [0.2, 0.25) is 5.89 Å². The monoisotopic (exact) mass is 305 g/mol. The summed E-state index contributed by atoms with van der Waals surface area (Å²) in [6, 6.07) is 6.30. The van der Waals surface area contributed by atoms with Crippen LogP contribution in [-0.4, -0.2) is 32.8 Å². The zero-order valence-corrected chi connectivity index (χ0v) is 12.7. The maximum Gasteiger partial charge on any atom is 0.244 e. The van der Waals surface area contributed by atoms with Crippen LogP contribution in [0.3, 0.4) is 0 Å². The van der Waals surface area contributed by atoms with Gasteiger partial charge in [0.15, 0.2) is 5.82 Å². The Morgan fingerprint density at radius 1 is 1.36 bits per heavy atom. The highest BCUT2D eigenvalue weighted by Crippen LogP contribution is 2.33. The van der Waals surface area contributed by atoms with Crippen molar-refractivity contribution < 1.29 is 14.0 Å². The van der Waals surface area contributed by atoms with Gasteiger partial charge in [-0.1, -0.05) is 31.1 Å². The molecule has 0 saturated carbocycles. The van der Waals surface area contributed by atoms with Crippen LogP contribution in [0, 0.1) is 5.82 Å². The van der Waals surface area contributed by atoms with E-state index in [-0.39, 0.29) is 17.8 Å². The molecule has 6 heteroatoms. The lowest BCUT2D eigenvalue weighted by Gasteiger charge is -2.21. The number of rotatable bonds is 4. The number of nitrogens with zero attached hydrogens (tertiary/aromatic N) is 3. The van der Waals surface area contributed by atoms with E-state index in [9.17, 15) is 9.50 Å². The van der Waals surface area contributed by atoms with Crippen LogP contribution >= 0.6 is 0 Å². The Kier molecular flexibility index (Phi) is 4.22. The maximum absolute atomic E-state index is 13.0. The van der Waals surface area contributed by atoms with Crippen molar-refractivity contribution in [3.05, 3.63) is 47.4 Å². The molecule has 118 valence electrons. The molecule has 1 saturated heterocycles. The van der Waals surface area contributed by atoms with Crippen LogP contribution in [0.2, 0.25) is 0 Å². The molecule has 0 radical (unpaired) electrons. The highest BCUT2D eigenvalue weighted by Gasteiger charge is 2.35. The molecular weight excluding hydrogens is 285 g/mol. The molecule has 0 spiro atoms. The highest BCUT2D eigenvalue weighted by molar-refractivity contribution is 5.16. The average molecular weight is 305 g/mol. The predicted molar refractivity (Wildman–Crippen MR) is 78.6 cm³/mol. The fourth-order valence-electron chi connectivity index (χ4n) is 2.75. The Bertz CT molecular complexity index is 627. The summed E-state index contributed by atoms with van der Waals surface area (Å²) in [7, 11) is 0. The fourth-order valence-corrected chi connectivity index (χ4v) is 2.75. The third-order valence-corrected chi connectivity index (χ3v) is 3.94. The molecule has 2 atom stereocenters. The van der Waals surface area contributed by atoms with Crippen LogP contribution in [-0.2, 0) is 6.54 Å². The van der Waals surface area contributed by atoms with Crippen molar-refractivity contribution in [2.75, 3.05) is 6.54 Å². The Morgan fingerprint density at radius 3 is 2.73 bits per heavy atom. The Labute approximate surface area is 128 Å². The molecule has 1 N–H and O–H groups in total. The van der Waals surface area contributed by atoms with Crippen molar-refractivity contribution in [1.29, 1.82) is 0 Å². The quantitative estimate of drug-likeness (QED) is 0.941. The third-order valence-electron chi connectivity index (χ3n) is 3.94. The molecule has 1 aliphatic heterocycles. The van der Waals surface area contributed by atoms with Crippen LogP contribution in [0.5, 0.6) is 0 Å². The van der Waals surface area contributed by atoms with E-state index in [1.54, 1.807) is 12.1 Å². The van der Waals surface area contributed by atoms with Crippen molar-refractivity contribution in [1.82, 2.24) is 15.0 Å². The first-order valence-corrected chi connectivity index (χ1v) is 7.53. The second-order valence-corrected chi connectivity index (χ2v) is 6.11. The molecule has 5 nitrogen and oxygen atoms in total. The lowest BCUT2D eigenvalue weighted by molar-refractivity contribution is 0.169. The van der Waals surface area contributed by atoms with Crippen LogP contribution < -0.4 is 0 Å². The molecule has 1 aromatic heterocycles. The standard InChI is InChI=1S/C16H20FN3O2/c1-10(2)15-18-16(22-19-15)14-7-13(21)9-20(14)8-11-3-5-12(17)6-4-11/h3-6,10,13-14,21H,7-9H2,1-2H3/t13-,14+/m1/s1. The van der Waals surface area contributed by atoms with Gasteiger partial charge < -0.3 is 9.63 Å². The SMILES string of the molecule is CC(C)c1noc([C@@H]2C[C@@H](O)CN2Cc2ccc(F)cc2)n1. The van der Waals surface area contributed by atoms with Crippen LogP contribution in [0.25, 0.3) is 0 Å². The predicted octanol–water partition coefficient (Wildman–Crippen LogP) is 2.64. The number of benzene rings is 1. The number of aromatic nitrogens is 2. The van der Waals surface area contributed by atoms with Crippen molar-refractivity contribution in [3.63, 3.8) is 0 Å².